The zero-order chi connectivity index (χ0) is 18.1. The van der Waals surface area contributed by atoms with Crippen molar-refractivity contribution in [3.8, 4) is 0 Å². The SMILES string of the molecule is Cc1ccc(F)cc1NC(=O)C1(S(=O)(=O)c2ccccc2)CCCC1. The van der Waals surface area contributed by atoms with Crippen molar-refractivity contribution in [3.63, 3.8) is 0 Å². The van der Waals surface area contributed by atoms with Crippen LogP contribution in [0.4, 0.5) is 10.1 Å². The minimum Gasteiger partial charge on any atom is -0.324 e. The molecular formula is C19H20FNO3S. The highest BCUT2D eigenvalue weighted by Crippen LogP contribution is 2.41. The quantitative estimate of drug-likeness (QED) is 0.899. The molecule has 0 spiro atoms. The number of benzene rings is 2. The first-order valence-corrected chi connectivity index (χ1v) is 9.72. The van der Waals surface area contributed by atoms with Gasteiger partial charge in [-0.25, -0.2) is 12.8 Å². The molecule has 3 rings (SSSR count). The van der Waals surface area contributed by atoms with Gasteiger partial charge in [-0.05, 0) is 49.6 Å². The lowest BCUT2D eigenvalue weighted by Crippen LogP contribution is -2.47. The third kappa shape index (κ3) is 3.06. The van der Waals surface area contributed by atoms with Gasteiger partial charge in [0.25, 0.3) is 0 Å². The fourth-order valence-electron chi connectivity index (χ4n) is 3.35. The normalized spacial score (nSPS) is 16.6. The van der Waals surface area contributed by atoms with E-state index in [1.807, 2.05) is 0 Å². The van der Waals surface area contributed by atoms with Gasteiger partial charge in [-0.2, -0.15) is 0 Å². The molecule has 2 aromatic carbocycles. The number of halogens is 1. The lowest BCUT2D eigenvalue weighted by Gasteiger charge is -2.28. The smallest absolute Gasteiger partial charge is 0.246 e. The van der Waals surface area contributed by atoms with E-state index in [1.54, 1.807) is 31.2 Å². The average molecular weight is 361 g/mol. The van der Waals surface area contributed by atoms with Crippen molar-refractivity contribution in [2.24, 2.45) is 0 Å². The molecule has 0 atom stereocenters. The van der Waals surface area contributed by atoms with Gasteiger partial charge in [0.05, 0.1) is 4.90 Å². The molecular weight excluding hydrogens is 341 g/mol. The van der Waals surface area contributed by atoms with Gasteiger partial charge < -0.3 is 5.32 Å². The van der Waals surface area contributed by atoms with Crippen LogP contribution >= 0.6 is 0 Å². The first kappa shape index (κ1) is 17.6. The third-order valence-electron chi connectivity index (χ3n) is 4.84. The van der Waals surface area contributed by atoms with E-state index in [0.717, 1.165) is 0 Å². The molecule has 0 saturated heterocycles. The molecule has 132 valence electrons. The number of carbonyl (C=O) groups is 1. The maximum Gasteiger partial charge on any atom is 0.246 e. The summed E-state index contributed by atoms with van der Waals surface area (Å²) < 4.78 is 38.4. The molecule has 0 unspecified atom stereocenters. The second kappa shape index (κ2) is 6.59. The Morgan fingerprint density at radius 3 is 2.36 bits per heavy atom. The fourth-order valence-corrected chi connectivity index (χ4v) is 5.44. The number of rotatable bonds is 4. The summed E-state index contributed by atoms with van der Waals surface area (Å²) in [5, 5.41) is 2.65. The number of carbonyl (C=O) groups excluding carboxylic acids is 1. The Morgan fingerprint density at radius 2 is 1.72 bits per heavy atom. The van der Waals surface area contributed by atoms with Gasteiger partial charge in [-0.15, -0.1) is 0 Å². The summed E-state index contributed by atoms with van der Waals surface area (Å²) in [4.78, 5) is 13.1. The van der Waals surface area contributed by atoms with E-state index in [9.17, 15) is 17.6 Å². The maximum atomic E-state index is 13.5. The van der Waals surface area contributed by atoms with Crippen molar-refractivity contribution in [1.82, 2.24) is 0 Å². The summed E-state index contributed by atoms with van der Waals surface area (Å²) in [5.74, 6) is -1.06. The first-order chi connectivity index (χ1) is 11.9. The van der Waals surface area contributed by atoms with Crippen molar-refractivity contribution in [2.75, 3.05) is 5.32 Å². The molecule has 1 fully saturated rings. The number of amides is 1. The van der Waals surface area contributed by atoms with E-state index in [-0.39, 0.29) is 17.7 Å². The van der Waals surface area contributed by atoms with Gasteiger partial charge in [-0.1, -0.05) is 37.1 Å². The molecule has 1 aliphatic rings. The van der Waals surface area contributed by atoms with Gasteiger partial charge in [0.15, 0.2) is 14.6 Å². The lowest BCUT2D eigenvalue weighted by atomic mass is 10.1. The number of hydrogen-bond acceptors (Lipinski definition) is 3. The summed E-state index contributed by atoms with van der Waals surface area (Å²) in [6.07, 6.45) is 1.87. The van der Waals surface area contributed by atoms with E-state index in [2.05, 4.69) is 5.32 Å². The van der Waals surface area contributed by atoms with Gasteiger partial charge in [-0.3, -0.25) is 4.79 Å². The van der Waals surface area contributed by atoms with Crippen LogP contribution in [0.15, 0.2) is 53.4 Å². The van der Waals surface area contributed by atoms with Crippen LogP contribution in [-0.2, 0) is 14.6 Å². The summed E-state index contributed by atoms with van der Waals surface area (Å²) >= 11 is 0. The van der Waals surface area contributed by atoms with Crippen LogP contribution in [0.1, 0.15) is 31.2 Å². The zero-order valence-electron chi connectivity index (χ0n) is 14.0. The van der Waals surface area contributed by atoms with Gasteiger partial charge in [0.1, 0.15) is 5.82 Å². The Bertz CT molecular complexity index is 888. The summed E-state index contributed by atoms with van der Waals surface area (Å²) in [7, 11) is -3.85. The molecule has 1 N–H and O–H groups in total. The Hall–Kier alpha value is -2.21. The van der Waals surface area contributed by atoms with Crippen LogP contribution in [0.2, 0.25) is 0 Å². The van der Waals surface area contributed by atoms with Crippen LogP contribution in [0, 0.1) is 12.7 Å². The fraction of sp³-hybridized carbons (Fsp3) is 0.316. The largest absolute Gasteiger partial charge is 0.324 e. The zero-order valence-corrected chi connectivity index (χ0v) is 14.8. The molecule has 2 aromatic rings. The second-order valence-electron chi connectivity index (χ2n) is 6.43. The molecule has 25 heavy (non-hydrogen) atoms. The highest BCUT2D eigenvalue weighted by atomic mass is 32.2. The van der Waals surface area contributed by atoms with Gasteiger partial charge in [0.2, 0.25) is 5.91 Å². The van der Waals surface area contributed by atoms with E-state index in [4.69, 9.17) is 0 Å². The lowest BCUT2D eigenvalue weighted by molar-refractivity contribution is -0.118. The highest BCUT2D eigenvalue weighted by molar-refractivity contribution is 7.93. The number of nitrogens with one attached hydrogen (secondary N) is 1. The second-order valence-corrected chi connectivity index (χ2v) is 8.69. The monoisotopic (exact) mass is 361 g/mol. The van der Waals surface area contributed by atoms with Gasteiger partial charge >= 0.3 is 0 Å². The van der Waals surface area contributed by atoms with Crippen molar-refractivity contribution >= 4 is 21.4 Å². The predicted octanol–water partition coefficient (Wildman–Crippen LogP) is 3.86. The van der Waals surface area contributed by atoms with E-state index in [0.29, 0.717) is 24.1 Å². The van der Waals surface area contributed by atoms with Crippen molar-refractivity contribution < 1.29 is 17.6 Å². The first-order valence-electron chi connectivity index (χ1n) is 8.24. The Morgan fingerprint density at radius 1 is 1.08 bits per heavy atom. The minimum atomic E-state index is -3.85. The van der Waals surface area contributed by atoms with Crippen LogP contribution in [0.5, 0.6) is 0 Å². The minimum absolute atomic E-state index is 0.142. The Labute approximate surface area is 147 Å². The van der Waals surface area contributed by atoms with Crippen LogP contribution in [-0.4, -0.2) is 19.1 Å². The molecule has 6 heteroatoms. The maximum absolute atomic E-state index is 13.5. The van der Waals surface area contributed by atoms with E-state index < -0.39 is 26.3 Å². The van der Waals surface area contributed by atoms with Crippen molar-refractivity contribution in [1.29, 1.82) is 0 Å². The van der Waals surface area contributed by atoms with Crippen LogP contribution in [0.3, 0.4) is 0 Å². The standard InChI is InChI=1S/C19H20FNO3S/c1-14-9-10-15(20)13-17(14)21-18(22)19(11-5-6-12-19)25(23,24)16-7-3-2-4-8-16/h2-4,7-10,13H,5-6,11-12H2,1H3,(H,21,22). The molecule has 0 radical (unpaired) electrons. The summed E-state index contributed by atoms with van der Waals surface area (Å²) in [6, 6.07) is 12.1. The van der Waals surface area contributed by atoms with Crippen LogP contribution in [0.25, 0.3) is 0 Å². The number of aryl methyl sites for hydroxylation is 1. The number of hydrogen-bond donors (Lipinski definition) is 1. The molecule has 1 aliphatic carbocycles. The molecule has 0 heterocycles. The van der Waals surface area contributed by atoms with Gasteiger partial charge in [0, 0.05) is 5.69 Å². The molecule has 0 aromatic heterocycles. The molecule has 1 saturated carbocycles. The average Bonchev–Trinajstić information content (AvgIpc) is 3.10. The van der Waals surface area contributed by atoms with E-state index >= 15 is 0 Å². The predicted molar refractivity (Wildman–Crippen MR) is 94.6 cm³/mol. The topological polar surface area (TPSA) is 63.2 Å². The molecule has 4 nitrogen and oxygen atoms in total. The third-order valence-corrected chi connectivity index (χ3v) is 7.36. The Kier molecular flexibility index (Phi) is 4.64. The highest BCUT2D eigenvalue weighted by Gasteiger charge is 2.52. The Balaban J connectivity index is 2.01. The van der Waals surface area contributed by atoms with E-state index in [1.165, 1.54) is 24.3 Å². The van der Waals surface area contributed by atoms with Crippen LogP contribution < -0.4 is 5.32 Å². The summed E-state index contributed by atoms with van der Waals surface area (Å²) in [5.41, 5.74) is 0.986. The molecule has 0 bridgehead atoms. The molecule has 0 aliphatic heterocycles. The van der Waals surface area contributed by atoms with Crippen molar-refractivity contribution in [3.05, 3.63) is 59.9 Å². The molecule has 1 amide bonds. The number of sulfone groups is 1. The summed E-state index contributed by atoms with van der Waals surface area (Å²) in [6.45, 7) is 1.74. The number of anilines is 1. The van der Waals surface area contributed by atoms with Crippen molar-refractivity contribution in [2.45, 2.75) is 42.2 Å².